The predicted octanol–water partition coefficient (Wildman–Crippen LogP) is 2.80. The van der Waals surface area contributed by atoms with Crippen LogP contribution in [0.5, 0.6) is 5.75 Å². The standard InChI is InChI=1S/C21H24N2O5/c1-3-18(28-17-12-8-5-9-13-17)20(25)27-15(2)19(24)23-21(26)22-14-16-10-6-4-7-11-16/h4-13,15,18H,3,14H2,1-2H3,(H2,22,23,24,26)/t15-,18+/m1/s1. The van der Waals surface area contributed by atoms with Crippen molar-refractivity contribution < 1.29 is 23.9 Å². The Morgan fingerprint density at radius 3 is 2.18 bits per heavy atom. The average molecular weight is 384 g/mol. The molecular weight excluding hydrogens is 360 g/mol. The molecule has 2 atom stereocenters. The summed E-state index contributed by atoms with van der Waals surface area (Å²) >= 11 is 0. The fraction of sp³-hybridized carbons (Fsp3) is 0.286. The van der Waals surface area contributed by atoms with Crippen LogP contribution < -0.4 is 15.4 Å². The van der Waals surface area contributed by atoms with Gasteiger partial charge in [-0.2, -0.15) is 0 Å². The molecule has 3 amide bonds. The fourth-order valence-electron chi connectivity index (χ4n) is 2.30. The summed E-state index contributed by atoms with van der Waals surface area (Å²) in [5, 5.41) is 4.72. The van der Waals surface area contributed by atoms with Gasteiger partial charge < -0.3 is 14.8 Å². The third kappa shape index (κ3) is 6.75. The summed E-state index contributed by atoms with van der Waals surface area (Å²) in [5.74, 6) is -0.851. The minimum Gasteiger partial charge on any atom is -0.479 e. The van der Waals surface area contributed by atoms with Crippen LogP contribution in [0.1, 0.15) is 25.8 Å². The van der Waals surface area contributed by atoms with Gasteiger partial charge in [-0.3, -0.25) is 10.1 Å². The SMILES string of the molecule is CC[C@H](Oc1ccccc1)C(=O)O[C@H](C)C(=O)NC(=O)NCc1ccccc1. The lowest BCUT2D eigenvalue weighted by Crippen LogP contribution is -2.45. The molecule has 2 rings (SSSR count). The van der Waals surface area contributed by atoms with Gasteiger partial charge in [0.25, 0.3) is 5.91 Å². The highest BCUT2D eigenvalue weighted by molar-refractivity contribution is 5.97. The van der Waals surface area contributed by atoms with Crippen LogP contribution in [0.3, 0.4) is 0 Å². The maximum atomic E-state index is 12.3. The van der Waals surface area contributed by atoms with Gasteiger partial charge in [-0.05, 0) is 31.0 Å². The van der Waals surface area contributed by atoms with Crippen LogP contribution >= 0.6 is 0 Å². The monoisotopic (exact) mass is 384 g/mol. The summed E-state index contributed by atoms with van der Waals surface area (Å²) in [7, 11) is 0. The molecule has 2 N–H and O–H groups in total. The van der Waals surface area contributed by atoms with E-state index in [1.165, 1.54) is 6.92 Å². The summed E-state index contributed by atoms with van der Waals surface area (Å²) in [6.07, 6.45) is -1.60. The molecule has 148 valence electrons. The fourth-order valence-corrected chi connectivity index (χ4v) is 2.30. The van der Waals surface area contributed by atoms with E-state index in [9.17, 15) is 14.4 Å². The zero-order chi connectivity index (χ0) is 20.4. The summed E-state index contributed by atoms with van der Waals surface area (Å²) in [6.45, 7) is 3.44. The highest BCUT2D eigenvalue weighted by atomic mass is 16.6. The van der Waals surface area contributed by atoms with Gasteiger partial charge in [-0.1, -0.05) is 55.5 Å². The molecule has 0 fully saturated rings. The van der Waals surface area contributed by atoms with E-state index in [0.29, 0.717) is 12.2 Å². The maximum Gasteiger partial charge on any atom is 0.348 e. The first-order valence-corrected chi connectivity index (χ1v) is 9.04. The van der Waals surface area contributed by atoms with Crippen molar-refractivity contribution in [3.05, 3.63) is 66.2 Å². The van der Waals surface area contributed by atoms with E-state index in [2.05, 4.69) is 10.6 Å². The molecule has 2 aromatic carbocycles. The molecule has 0 radical (unpaired) electrons. The molecule has 28 heavy (non-hydrogen) atoms. The Bertz CT molecular complexity index is 780. The maximum absolute atomic E-state index is 12.3. The molecule has 0 aromatic heterocycles. The molecule has 0 bridgehead atoms. The lowest BCUT2D eigenvalue weighted by molar-refractivity contribution is -0.161. The van der Waals surface area contributed by atoms with E-state index >= 15 is 0 Å². The highest BCUT2D eigenvalue weighted by Crippen LogP contribution is 2.14. The lowest BCUT2D eigenvalue weighted by atomic mass is 10.2. The van der Waals surface area contributed by atoms with Gasteiger partial charge in [0.1, 0.15) is 5.75 Å². The van der Waals surface area contributed by atoms with Crippen LogP contribution in [0.25, 0.3) is 0 Å². The van der Waals surface area contributed by atoms with E-state index in [1.54, 1.807) is 31.2 Å². The number of ether oxygens (including phenoxy) is 2. The Morgan fingerprint density at radius 1 is 0.964 bits per heavy atom. The van der Waals surface area contributed by atoms with Crippen LogP contribution in [0, 0.1) is 0 Å². The van der Waals surface area contributed by atoms with Gasteiger partial charge in [0.15, 0.2) is 12.2 Å². The molecule has 0 aliphatic rings. The molecule has 0 spiro atoms. The van der Waals surface area contributed by atoms with Crippen molar-refractivity contribution in [2.24, 2.45) is 0 Å². The number of hydrogen-bond acceptors (Lipinski definition) is 5. The number of carbonyl (C=O) groups excluding carboxylic acids is 3. The van der Waals surface area contributed by atoms with Crippen molar-refractivity contribution in [2.75, 3.05) is 0 Å². The Labute approximate surface area is 164 Å². The first-order valence-electron chi connectivity index (χ1n) is 9.04. The van der Waals surface area contributed by atoms with Crippen molar-refractivity contribution in [2.45, 2.75) is 39.0 Å². The van der Waals surface area contributed by atoms with Crippen LogP contribution in [0.2, 0.25) is 0 Å². The first-order chi connectivity index (χ1) is 13.5. The third-order valence-corrected chi connectivity index (χ3v) is 3.85. The number of nitrogens with one attached hydrogen (secondary N) is 2. The zero-order valence-electron chi connectivity index (χ0n) is 15.9. The second-order valence-corrected chi connectivity index (χ2v) is 6.06. The molecule has 0 saturated heterocycles. The number of hydrogen-bond donors (Lipinski definition) is 2. The predicted molar refractivity (Wildman–Crippen MR) is 104 cm³/mol. The van der Waals surface area contributed by atoms with Gasteiger partial charge in [-0.25, -0.2) is 9.59 Å². The first kappa shape index (κ1) is 21.0. The Balaban J connectivity index is 1.79. The molecule has 0 aliphatic carbocycles. The van der Waals surface area contributed by atoms with Crippen molar-refractivity contribution in [3.8, 4) is 5.75 Å². The number of carbonyl (C=O) groups is 3. The number of amides is 3. The normalized spacial score (nSPS) is 12.4. The summed E-state index contributed by atoms with van der Waals surface area (Å²) < 4.78 is 10.7. The third-order valence-electron chi connectivity index (χ3n) is 3.85. The van der Waals surface area contributed by atoms with E-state index in [0.717, 1.165) is 5.56 Å². The average Bonchev–Trinajstić information content (AvgIpc) is 2.71. The van der Waals surface area contributed by atoms with Crippen molar-refractivity contribution >= 4 is 17.9 Å². The molecule has 0 unspecified atom stereocenters. The van der Waals surface area contributed by atoms with Crippen LogP contribution in [-0.2, 0) is 20.9 Å². The van der Waals surface area contributed by atoms with Gasteiger partial charge in [0.05, 0.1) is 0 Å². The summed E-state index contributed by atoms with van der Waals surface area (Å²) in [6, 6.07) is 17.5. The number of imide groups is 1. The van der Waals surface area contributed by atoms with E-state index in [1.807, 2.05) is 36.4 Å². The van der Waals surface area contributed by atoms with Gasteiger partial charge in [-0.15, -0.1) is 0 Å². The molecule has 2 aromatic rings. The topological polar surface area (TPSA) is 93.7 Å². The Hall–Kier alpha value is -3.35. The van der Waals surface area contributed by atoms with Crippen molar-refractivity contribution in [1.29, 1.82) is 0 Å². The van der Waals surface area contributed by atoms with Crippen LogP contribution in [0.15, 0.2) is 60.7 Å². The summed E-state index contributed by atoms with van der Waals surface area (Å²) in [5.41, 5.74) is 0.897. The lowest BCUT2D eigenvalue weighted by Gasteiger charge is -2.19. The minimum atomic E-state index is -1.14. The number of rotatable bonds is 8. The Kier molecular flexibility index (Phi) is 8.02. The number of esters is 1. The Morgan fingerprint density at radius 2 is 1.57 bits per heavy atom. The molecule has 0 aliphatic heterocycles. The van der Waals surface area contributed by atoms with Gasteiger partial charge in [0.2, 0.25) is 0 Å². The van der Waals surface area contributed by atoms with Gasteiger partial charge >= 0.3 is 12.0 Å². The second kappa shape index (κ2) is 10.7. The largest absolute Gasteiger partial charge is 0.479 e. The molecular formula is C21H24N2O5. The molecule has 0 heterocycles. The quantitative estimate of drug-likeness (QED) is 0.683. The molecule has 7 heteroatoms. The minimum absolute atomic E-state index is 0.275. The van der Waals surface area contributed by atoms with E-state index in [-0.39, 0.29) is 6.54 Å². The molecule has 7 nitrogen and oxygen atoms in total. The number of benzene rings is 2. The van der Waals surface area contributed by atoms with E-state index < -0.39 is 30.1 Å². The number of para-hydroxylation sites is 1. The highest BCUT2D eigenvalue weighted by Gasteiger charge is 2.26. The smallest absolute Gasteiger partial charge is 0.348 e. The van der Waals surface area contributed by atoms with Crippen molar-refractivity contribution in [3.63, 3.8) is 0 Å². The summed E-state index contributed by atoms with van der Waals surface area (Å²) in [4.78, 5) is 36.2. The second-order valence-electron chi connectivity index (χ2n) is 6.06. The number of urea groups is 1. The molecule has 0 saturated carbocycles. The van der Waals surface area contributed by atoms with Crippen LogP contribution in [-0.4, -0.2) is 30.1 Å². The van der Waals surface area contributed by atoms with E-state index in [4.69, 9.17) is 9.47 Å². The zero-order valence-corrected chi connectivity index (χ0v) is 15.9. The van der Waals surface area contributed by atoms with Crippen molar-refractivity contribution in [1.82, 2.24) is 10.6 Å². The van der Waals surface area contributed by atoms with Gasteiger partial charge in [0, 0.05) is 6.54 Å². The van der Waals surface area contributed by atoms with Crippen LogP contribution in [0.4, 0.5) is 4.79 Å².